The van der Waals surface area contributed by atoms with Crippen LogP contribution >= 0.6 is 15.9 Å². The zero-order chi connectivity index (χ0) is 24.5. The van der Waals surface area contributed by atoms with E-state index in [0.717, 1.165) is 17.7 Å². The van der Waals surface area contributed by atoms with E-state index in [-0.39, 0.29) is 6.61 Å². The van der Waals surface area contributed by atoms with Crippen molar-refractivity contribution < 1.29 is 22.7 Å². The van der Waals surface area contributed by atoms with Gasteiger partial charge < -0.3 is 4.74 Å². The van der Waals surface area contributed by atoms with Crippen LogP contribution in [0.15, 0.2) is 71.5 Å². The van der Waals surface area contributed by atoms with Gasteiger partial charge in [-0.25, -0.2) is 9.50 Å². The van der Waals surface area contributed by atoms with Gasteiger partial charge in [-0.05, 0) is 59.5 Å². The van der Waals surface area contributed by atoms with Crippen LogP contribution in [0, 0.1) is 0 Å². The topological polar surface area (TPSA) is 56.5 Å². The first-order valence-corrected chi connectivity index (χ1v) is 11.4. The lowest BCUT2D eigenvalue weighted by Crippen LogP contribution is -2.39. The third kappa shape index (κ3) is 4.44. The fourth-order valence-corrected chi connectivity index (χ4v) is 4.70. The molecule has 0 aliphatic carbocycles. The van der Waals surface area contributed by atoms with Gasteiger partial charge in [0.1, 0.15) is 5.41 Å². The molecule has 9 heteroatoms. The Morgan fingerprint density at radius 2 is 1.74 bits per heavy atom. The highest BCUT2D eigenvalue weighted by Gasteiger charge is 2.41. The third-order valence-corrected chi connectivity index (χ3v) is 6.23. The van der Waals surface area contributed by atoms with Crippen molar-refractivity contribution in [3.05, 3.63) is 88.3 Å². The Kier molecular flexibility index (Phi) is 6.49. The quantitative estimate of drug-likeness (QED) is 0.276. The summed E-state index contributed by atoms with van der Waals surface area (Å²) in [6.45, 7) is 3.75. The molecule has 0 fully saturated rings. The molecule has 0 N–H and O–H groups in total. The number of carbonyl (C=O) groups is 1. The lowest BCUT2D eigenvalue weighted by atomic mass is 9.80. The second kappa shape index (κ2) is 9.21. The maximum Gasteiger partial charge on any atom is 0.416 e. The van der Waals surface area contributed by atoms with E-state index in [0.29, 0.717) is 33.4 Å². The smallest absolute Gasteiger partial charge is 0.416 e. The zero-order valence-electron chi connectivity index (χ0n) is 18.4. The zero-order valence-corrected chi connectivity index (χ0v) is 20.0. The standard InChI is InChI=1S/C25H21BrF3N3O2/c1-3-34-23(33)24(2,13-16-7-5-4-6-8-16)21-20(26)15-30-22-19(14-31-32(21)22)17-9-11-18(12-10-17)25(27,28)29/h4-12,14-15H,3,13H2,1-2H3/t24-/m0/s1. The molecule has 0 aliphatic rings. The fourth-order valence-electron chi connectivity index (χ4n) is 4.00. The first-order valence-electron chi connectivity index (χ1n) is 10.6. The van der Waals surface area contributed by atoms with Crippen molar-refractivity contribution in [2.75, 3.05) is 6.61 Å². The molecule has 0 saturated heterocycles. The van der Waals surface area contributed by atoms with Crippen molar-refractivity contribution in [2.45, 2.75) is 31.9 Å². The SMILES string of the molecule is CCOC(=O)[C@@](C)(Cc1ccccc1)c1c(Br)cnc2c(-c3ccc(C(F)(F)F)cc3)cnn12. The van der Waals surface area contributed by atoms with Crippen LogP contribution in [0.1, 0.15) is 30.7 Å². The Labute approximate surface area is 202 Å². The molecule has 0 saturated carbocycles. The molecule has 0 amide bonds. The van der Waals surface area contributed by atoms with Gasteiger partial charge in [0.05, 0.1) is 28.5 Å². The van der Waals surface area contributed by atoms with Gasteiger partial charge in [0, 0.05) is 11.8 Å². The summed E-state index contributed by atoms with van der Waals surface area (Å²) in [7, 11) is 0. The number of halogens is 4. The highest BCUT2D eigenvalue weighted by atomic mass is 79.9. The first kappa shape index (κ1) is 23.9. The number of alkyl halides is 3. The molecular weight excluding hydrogens is 511 g/mol. The van der Waals surface area contributed by atoms with Crippen LogP contribution in [0.5, 0.6) is 0 Å². The summed E-state index contributed by atoms with van der Waals surface area (Å²) in [5.41, 5.74) is 1.12. The van der Waals surface area contributed by atoms with E-state index >= 15 is 0 Å². The van der Waals surface area contributed by atoms with Gasteiger partial charge in [-0.3, -0.25) is 4.79 Å². The van der Waals surface area contributed by atoms with Gasteiger partial charge in [-0.15, -0.1) is 0 Å². The van der Waals surface area contributed by atoms with Crippen LogP contribution in [0.25, 0.3) is 16.8 Å². The predicted octanol–water partition coefficient (Wildman–Crippen LogP) is 6.24. The number of ether oxygens (including phenoxy) is 1. The summed E-state index contributed by atoms with van der Waals surface area (Å²) in [6.07, 6.45) is -0.966. The van der Waals surface area contributed by atoms with Crippen LogP contribution in [-0.4, -0.2) is 27.2 Å². The van der Waals surface area contributed by atoms with Crippen LogP contribution in [-0.2, 0) is 27.5 Å². The Morgan fingerprint density at radius 1 is 1.06 bits per heavy atom. The molecule has 0 bridgehead atoms. The largest absolute Gasteiger partial charge is 0.465 e. The number of fused-ring (bicyclic) bond motifs is 1. The number of carbonyl (C=O) groups excluding carboxylic acids is 1. The summed E-state index contributed by atoms with van der Waals surface area (Å²) < 4.78 is 46.5. The van der Waals surface area contributed by atoms with Gasteiger partial charge in [0.15, 0.2) is 5.65 Å². The summed E-state index contributed by atoms with van der Waals surface area (Å²) in [5, 5.41) is 4.47. The summed E-state index contributed by atoms with van der Waals surface area (Å²) >= 11 is 3.53. The predicted molar refractivity (Wildman–Crippen MR) is 125 cm³/mol. The van der Waals surface area contributed by atoms with E-state index in [2.05, 4.69) is 26.0 Å². The molecule has 0 unspecified atom stereocenters. The molecule has 176 valence electrons. The average Bonchev–Trinajstić information content (AvgIpc) is 3.23. The fraction of sp³-hybridized carbons (Fsp3) is 0.240. The lowest BCUT2D eigenvalue weighted by Gasteiger charge is -2.29. The number of hydrogen-bond donors (Lipinski definition) is 0. The van der Waals surface area contributed by atoms with Crippen LogP contribution < -0.4 is 0 Å². The third-order valence-electron chi connectivity index (χ3n) is 5.65. The maximum atomic E-state index is 13.3. The average molecular weight is 532 g/mol. The van der Waals surface area contributed by atoms with Crippen molar-refractivity contribution in [3.8, 4) is 11.1 Å². The summed E-state index contributed by atoms with van der Waals surface area (Å²) in [6, 6.07) is 14.4. The highest BCUT2D eigenvalue weighted by Crippen LogP contribution is 2.37. The molecule has 34 heavy (non-hydrogen) atoms. The van der Waals surface area contributed by atoms with Gasteiger partial charge in [-0.1, -0.05) is 42.5 Å². The number of benzene rings is 2. The summed E-state index contributed by atoms with van der Waals surface area (Å²) in [4.78, 5) is 17.7. The second-order valence-corrected chi connectivity index (χ2v) is 8.89. The van der Waals surface area contributed by atoms with Crippen LogP contribution in [0.3, 0.4) is 0 Å². The summed E-state index contributed by atoms with van der Waals surface area (Å²) in [5.74, 6) is -0.418. The Morgan fingerprint density at radius 3 is 2.35 bits per heavy atom. The Hall–Kier alpha value is -3.20. The molecule has 2 aromatic heterocycles. The van der Waals surface area contributed by atoms with Crippen molar-refractivity contribution in [1.29, 1.82) is 0 Å². The highest BCUT2D eigenvalue weighted by molar-refractivity contribution is 9.10. The number of aromatic nitrogens is 3. The number of esters is 1. The molecule has 2 heterocycles. The molecule has 5 nitrogen and oxygen atoms in total. The molecule has 0 radical (unpaired) electrons. The van der Waals surface area contributed by atoms with Crippen molar-refractivity contribution in [3.63, 3.8) is 0 Å². The normalized spacial score (nSPS) is 13.6. The molecule has 1 atom stereocenters. The molecule has 0 aliphatic heterocycles. The van der Waals surface area contributed by atoms with E-state index in [9.17, 15) is 18.0 Å². The molecule has 2 aromatic carbocycles. The monoisotopic (exact) mass is 531 g/mol. The number of rotatable bonds is 6. The minimum atomic E-state index is -4.42. The van der Waals surface area contributed by atoms with Crippen LogP contribution in [0.2, 0.25) is 0 Å². The minimum Gasteiger partial charge on any atom is -0.465 e. The van der Waals surface area contributed by atoms with Gasteiger partial charge in [0.25, 0.3) is 0 Å². The number of hydrogen-bond acceptors (Lipinski definition) is 4. The Balaban J connectivity index is 1.86. The van der Waals surface area contributed by atoms with Crippen LogP contribution in [0.4, 0.5) is 13.2 Å². The molecule has 4 aromatic rings. The van der Waals surface area contributed by atoms with Gasteiger partial charge >= 0.3 is 12.1 Å². The first-order chi connectivity index (χ1) is 16.1. The van der Waals surface area contributed by atoms with E-state index in [1.807, 2.05) is 30.3 Å². The maximum absolute atomic E-state index is 13.3. The lowest BCUT2D eigenvalue weighted by molar-refractivity contribution is -0.149. The van der Waals surface area contributed by atoms with E-state index < -0.39 is 23.1 Å². The van der Waals surface area contributed by atoms with Gasteiger partial charge in [0.2, 0.25) is 0 Å². The Bertz CT molecular complexity index is 1320. The van der Waals surface area contributed by atoms with Crippen molar-refractivity contribution in [2.24, 2.45) is 0 Å². The number of nitrogens with zero attached hydrogens (tertiary/aromatic N) is 3. The van der Waals surface area contributed by atoms with Crippen molar-refractivity contribution in [1.82, 2.24) is 14.6 Å². The van der Waals surface area contributed by atoms with Gasteiger partial charge in [-0.2, -0.15) is 18.3 Å². The molecule has 0 spiro atoms. The van der Waals surface area contributed by atoms with E-state index in [4.69, 9.17) is 4.74 Å². The molecular formula is C25H21BrF3N3O2. The van der Waals surface area contributed by atoms with Crippen molar-refractivity contribution >= 4 is 27.5 Å². The molecule has 4 rings (SSSR count). The minimum absolute atomic E-state index is 0.213. The van der Waals surface area contributed by atoms with E-state index in [1.54, 1.807) is 24.6 Å². The second-order valence-electron chi connectivity index (χ2n) is 8.04. The van der Waals surface area contributed by atoms with E-state index in [1.165, 1.54) is 18.3 Å².